The van der Waals surface area contributed by atoms with E-state index < -0.39 is 37.6 Å². The van der Waals surface area contributed by atoms with Crippen LogP contribution in [-0.4, -0.2) is 14.2 Å². The molecule has 0 spiro atoms. The van der Waals surface area contributed by atoms with Crippen molar-refractivity contribution in [3.63, 3.8) is 0 Å². The Morgan fingerprint density at radius 3 is 2.12 bits per heavy atom. The molecule has 5 nitrogen and oxygen atoms in total. The van der Waals surface area contributed by atoms with Crippen molar-refractivity contribution in [1.29, 1.82) is 0 Å². The molecule has 11 heteroatoms. The zero-order valence-electron chi connectivity index (χ0n) is 12.9. The fraction of sp³-hybridized carbons (Fsp3) is 0.286. The molecule has 2 unspecified atom stereocenters. The third kappa shape index (κ3) is 2.41. The molecule has 0 radical (unpaired) electrons. The van der Waals surface area contributed by atoms with Gasteiger partial charge in [-0.25, -0.2) is 4.31 Å². The van der Waals surface area contributed by atoms with Gasteiger partial charge < -0.3 is 9.05 Å². The number of rotatable bonds is 2. The molecule has 2 bridgehead atoms. The zero-order chi connectivity index (χ0) is 18.7. The molecule has 2 aromatic rings. The number of benzene rings is 2. The number of hydrogen-bond donors (Lipinski definition) is 0. The van der Waals surface area contributed by atoms with Gasteiger partial charge in [0.25, 0.3) is 0 Å². The van der Waals surface area contributed by atoms with Gasteiger partial charge in [0.1, 0.15) is 0 Å². The summed E-state index contributed by atoms with van der Waals surface area (Å²) in [6.07, 6.45) is 0. The van der Waals surface area contributed by atoms with Crippen LogP contribution < -0.4 is 0 Å². The van der Waals surface area contributed by atoms with Crippen LogP contribution in [0.4, 0.5) is 17.6 Å². The minimum Gasteiger partial charge on any atom is -0.307 e. The van der Waals surface area contributed by atoms with Crippen LogP contribution in [0.5, 0.6) is 0 Å². The maximum absolute atomic E-state index is 14.9. The molecule has 25 heavy (non-hydrogen) atoms. The second-order valence-corrected chi connectivity index (χ2v) is 9.76. The second-order valence-electron chi connectivity index (χ2n) is 5.27. The molecule has 1 aliphatic heterocycles. The first-order valence-corrected chi connectivity index (χ1v) is 9.93. The third-order valence-corrected chi connectivity index (χ3v) is 8.49. The van der Waals surface area contributed by atoms with Crippen molar-refractivity contribution in [3.8, 4) is 0 Å². The first kappa shape index (κ1) is 18.5. The van der Waals surface area contributed by atoms with Crippen molar-refractivity contribution >= 4 is 26.0 Å². The van der Waals surface area contributed by atoms with Gasteiger partial charge in [-0.3, -0.25) is 9.13 Å². The van der Waals surface area contributed by atoms with Crippen molar-refractivity contribution in [3.05, 3.63) is 47.5 Å². The van der Waals surface area contributed by atoms with Gasteiger partial charge in [0.15, 0.2) is 0 Å². The first-order chi connectivity index (χ1) is 11.5. The van der Waals surface area contributed by atoms with Gasteiger partial charge in [-0.1, -0.05) is 30.3 Å². The van der Waals surface area contributed by atoms with Gasteiger partial charge in [0.2, 0.25) is 0 Å². The Morgan fingerprint density at radius 1 is 0.920 bits per heavy atom. The van der Waals surface area contributed by atoms with Gasteiger partial charge in [-0.15, -0.1) is 0 Å². The normalized spacial score (nSPS) is 30.6. The van der Waals surface area contributed by atoms with Crippen LogP contribution in [0.25, 0.3) is 10.8 Å². The molecule has 0 saturated carbocycles. The molecule has 3 rings (SSSR count). The quantitative estimate of drug-likeness (QED) is 0.484. The van der Waals surface area contributed by atoms with E-state index in [1.54, 1.807) is 0 Å². The topological polar surface area (TPSA) is 61.8 Å². The maximum Gasteiger partial charge on any atom is 0.411 e. The van der Waals surface area contributed by atoms with Crippen molar-refractivity contribution < 1.29 is 40.0 Å². The molecule has 136 valence electrons. The maximum atomic E-state index is 14.9. The summed E-state index contributed by atoms with van der Waals surface area (Å²) in [5.41, 5.74) is -10.4. The predicted octanol–water partition coefficient (Wildman–Crippen LogP) is 5.65. The van der Waals surface area contributed by atoms with Crippen LogP contribution in [0.1, 0.15) is 11.1 Å². The van der Waals surface area contributed by atoms with E-state index in [1.807, 2.05) is 0 Å². The summed E-state index contributed by atoms with van der Waals surface area (Å²) in [4.78, 5) is 0. The van der Waals surface area contributed by atoms with E-state index in [1.165, 1.54) is 18.2 Å². The molecule has 1 aliphatic rings. The van der Waals surface area contributed by atoms with Gasteiger partial charge in [-0.05, 0) is 16.8 Å². The zero-order valence-corrected chi connectivity index (χ0v) is 14.7. The molecule has 0 aromatic heterocycles. The predicted molar refractivity (Wildman–Crippen MR) is 82.1 cm³/mol. The summed E-state index contributed by atoms with van der Waals surface area (Å²) in [6, 6.07) is 6.44. The molecule has 2 aromatic carbocycles. The number of hydrogen-bond acceptors (Lipinski definition) is 5. The van der Waals surface area contributed by atoms with E-state index in [0.717, 1.165) is 18.2 Å². The Balaban J connectivity index is 2.49. The molecule has 0 saturated heterocycles. The van der Waals surface area contributed by atoms with Crippen molar-refractivity contribution in [1.82, 2.24) is 0 Å². The average Bonchev–Trinajstić information content (AvgIpc) is 2.60. The van der Waals surface area contributed by atoms with E-state index in [4.69, 9.17) is 0 Å². The molecule has 0 N–H and O–H groups in total. The number of fused-ring (bicyclic) bond motifs is 1. The van der Waals surface area contributed by atoms with E-state index in [9.17, 15) is 26.7 Å². The monoisotopic (exact) mass is 398 g/mol. The summed E-state index contributed by atoms with van der Waals surface area (Å²) < 4.78 is 97.3. The molecule has 1 heterocycles. The van der Waals surface area contributed by atoms with E-state index in [-0.39, 0.29) is 10.8 Å². The largest absolute Gasteiger partial charge is 0.411 e. The Bertz CT molecular complexity index is 946. The highest BCUT2D eigenvalue weighted by Gasteiger charge is 2.65. The molecular formula is C14H12F4O5P2. The molecule has 0 fully saturated rings. The third-order valence-electron chi connectivity index (χ3n) is 3.94. The van der Waals surface area contributed by atoms with E-state index in [2.05, 4.69) is 13.4 Å². The summed E-state index contributed by atoms with van der Waals surface area (Å²) in [7, 11) is -10.0. The first-order valence-electron chi connectivity index (χ1n) is 6.85. The Hall–Kier alpha value is -1.24. The van der Waals surface area contributed by atoms with Crippen LogP contribution in [0.15, 0.2) is 36.4 Å². The summed E-state index contributed by atoms with van der Waals surface area (Å²) in [5, 5.41) is -0.0800. The average molecular weight is 398 g/mol. The van der Waals surface area contributed by atoms with Crippen LogP contribution in [-0.2, 0) is 33.8 Å². The lowest BCUT2D eigenvalue weighted by atomic mass is 10.0. The van der Waals surface area contributed by atoms with Gasteiger partial charge in [0.05, 0.1) is 0 Å². The highest BCUT2D eigenvalue weighted by Crippen LogP contribution is 2.80. The van der Waals surface area contributed by atoms with Crippen LogP contribution in [0.2, 0.25) is 0 Å². The fourth-order valence-electron chi connectivity index (χ4n) is 2.57. The van der Waals surface area contributed by atoms with E-state index >= 15 is 0 Å². The van der Waals surface area contributed by atoms with Crippen molar-refractivity contribution in [2.75, 3.05) is 14.2 Å². The molecule has 0 amide bonds. The summed E-state index contributed by atoms with van der Waals surface area (Å²) in [6.45, 7) is 0. The highest BCUT2D eigenvalue weighted by molar-refractivity contribution is 7.68. The minimum absolute atomic E-state index is 0.202. The van der Waals surface area contributed by atoms with Gasteiger partial charge in [0, 0.05) is 25.3 Å². The van der Waals surface area contributed by atoms with Crippen molar-refractivity contribution in [2.24, 2.45) is 0 Å². The Labute approximate surface area is 139 Å². The summed E-state index contributed by atoms with van der Waals surface area (Å²) >= 11 is 0. The lowest BCUT2D eigenvalue weighted by molar-refractivity contribution is 0.0336. The second kappa shape index (κ2) is 5.63. The standard InChI is InChI=1S/C14H12F4O5P2/c1-21-24(19)13(15,16)10-7-6-9-4-3-5-12(11(9)8-10)14(17,18)25(20,22-2)23-24/h3-8H,1-2H3. The Morgan fingerprint density at radius 2 is 1.52 bits per heavy atom. The van der Waals surface area contributed by atoms with Crippen LogP contribution in [0, 0.1) is 0 Å². The fourth-order valence-corrected chi connectivity index (χ4v) is 6.46. The molecule has 0 aliphatic carbocycles. The van der Waals surface area contributed by atoms with Gasteiger partial charge >= 0.3 is 26.5 Å². The SMILES string of the molecule is COP1(=O)OP(=O)(OC)C(F)(F)c2cccc3ccc(cc23)C1(F)F. The molecular weight excluding hydrogens is 386 g/mol. The summed E-state index contributed by atoms with van der Waals surface area (Å²) in [5.74, 6) is 0. The smallest absolute Gasteiger partial charge is 0.307 e. The lowest BCUT2D eigenvalue weighted by Crippen LogP contribution is -2.20. The molecule has 2 atom stereocenters. The number of alkyl halides is 4. The van der Waals surface area contributed by atoms with Crippen molar-refractivity contribution in [2.45, 2.75) is 11.3 Å². The minimum atomic E-state index is -5.63. The van der Waals surface area contributed by atoms with E-state index in [0.29, 0.717) is 14.2 Å². The van der Waals surface area contributed by atoms with Crippen LogP contribution in [0.3, 0.4) is 0 Å². The highest BCUT2D eigenvalue weighted by atomic mass is 31.3. The lowest BCUT2D eigenvalue weighted by Gasteiger charge is -2.30. The number of halogens is 4. The van der Waals surface area contributed by atoms with Gasteiger partial charge in [-0.2, -0.15) is 17.6 Å². The van der Waals surface area contributed by atoms with Crippen LogP contribution >= 0.6 is 15.2 Å². The Kier molecular flexibility index (Phi) is 4.18.